The van der Waals surface area contributed by atoms with E-state index in [-0.39, 0.29) is 5.54 Å². The Morgan fingerprint density at radius 1 is 1.35 bits per heavy atom. The maximum absolute atomic E-state index is 6.11. The smallest absolute Gasteiger partial charge is 0.137 e. The normalized spacial score (nSPS) is 18.1. The van der Waals surface area contributed by atoms with Crippen LogP contribution in [0.5, 0.6) is 0 Å². The Morgan fingerprint density at radius 3 is 2.80 bits per heavy atom. The highest BCUT2D eigenvalue weighted by atomic mass is 15.2. The third-order valence-electron chi connectivity index (χ3n) is 4.73. The van der Waals surface area contributed by atoms with E-state index in [4.69, 9.17) is 10.7 Å². The van der Waals surface area contributed by atoms with Crippen LogP contribution in [-0.2, 0) is 6.54 Å². The summed E-state index contributed by atoms with van der Waals surface area (Å²) in [6.45, 7) is 4.92. The molecule has 0 aliphatic heterocycles. The number of hydrogen-bond donors (Lipinski definition) is 1. The molecule has 1 aliphatic rings. The molecule has 20 heavy (non-hydrogen) atoms. The maximum Gasteiger partial charge on any atom is 0.137 e. The molecule has 0 spiro atoms. The first kappa shape index (κ1) is 13.6. The van der Waals surface area contributed by atoms with Crippen LogP contribution in [0, 0.1) is 0 Å². The quantitative estimate of drug-likeness (QED) is 0.909. The number of hydrogen-bond acceptors (Lipinski definition) is 3. The highest BCUT2D eigenvalue weighted by molar-refractivity contribution is 5.39. The molecule has 0 radical (unpaired) electrons. The predicted molar refractivity (Wildman–Crippen MR) is 81.5 cm³/mol. The standard InChI is InChI=1S/C16H24N4/c1-2-20(16(13-17)8-4-5-9-16)12-14-11-19-10-6-3-7-15(19)18-14/h3,6-7,10-11H,2,4-5,8-9,12-13,17H2,1H3. The SMILES string of the molecule is CCN(Cc1cn2ccccc2n1)C1(CN)CCCC1. The maximum atomic E-state index is 6.11. The molecule has 4 nitrogen and oxygen atoms in total. The van der Waals surface area contributed by atoms with Crippen molar-refractivity contribution in [2.75, 3.05) is 13.1 Å². The number of pyridine rings is 1. The van der Waals surface area contributed by atoms with Crippen molar-refractivity contribution in [1.29, 1.82) is 0 Å². The summed E-state index contributed by atoms with van der Waals surface area (Å²) < 4.78 is 2.09. The van der Waals surface area contributed by atoms with Crippen molar-refractivity contribution in [3.63, 3.8) is 0 Å². The van der Waals surface area contributed by atoms with Crippen LogP contribution < -0.4 is 5.73 Å². The fourth-order valence-electron chi connectivity index (χ4n) is 3.56. The molecule has 2 aromatic heterocycles. The van der Waals surface area contributed by atoms with Gasteiger partial charge >= 0.3 is 0 Å². The lowest BCUT2D eigenvalue weighted by Crippen LogP contribution is -2.51. The lowest BCUT2D eigenvalue weighted by molar-refractivity contribution is 0.0958. The Hall–Kier alpha value is -1.39. The highest BCUT2D eigenvalue weighted by Gasteiger charge is 2.37. The fourth-order valence-corrected chi connectivity index (χ4v) is 3.56. The van der Waals surface area contributed by atoms with Crippen molar-refractivity contribution < 1.29 is 0 Å². The minimum absolute atomic E-state index is 0.199. The van der Waals surface area contributed by atoms with E-state index in [1.807, 2.05) is 18.2 Å². The zero-order valence-electron chi connectivity index (χ0n) is 12.3. The number of fused-ring (bicyclic) bond motifs is 1. The third kappa shape index (κ3) is 2.34. The molecule has 108 valence electrons. The van der Waals surface area contributed by atoms with E-state index in [0.717, 1.165) is 31.0 Å². The van der Waals surface area contributed by atoms with Crippen LogP contribution >= 0.6 is 0 Å². The van der Waals surface area contributed by atoms with E-state index in [0.29, 0.717) is 0 Å². The molecule has 0 saturated heterocycles. The number of likely N-dealkylation sites (N-methyl/N-ethyl adjacent to an activating group) is 1. The molecule has 2 heterocycles. The number of rotatable bonds is 5. The van der Waals surface area contributed by atoms with Gasteiger partial charge in [-0.05, 0) is 31.5 Å². The monoisotopic (exact) mass is 272 g/mol. The van der Waals surface area contributed by atoms with Gasteiger partial charge in [0.25, 0.3) is 0 Å². The van der Waals surface area contributed by atoms with Crippen LogP contribution in [0.1, 0.15) is 38.3 Å². The number of imidazole rings is 1. The molecule has 0 aromatic carbocycles. The van der Waals surface area contributed by atoms with Gasteiger partial charge in [0.1, 0.15) is 5.65 Å². The van der Waals surface area contributed by atoms with Crippen molar-refractivity contribution in [2.24, 2.45) is 5.73 Å². The molecule has 4 heteroatoms. The second-order valence-corrected chi connectivity index (χ2v) is 5.85. The van der Waals surface area contributed by atoms with E-state index < -0.39 is 0 Å². The van der Waals surface area contributed by atoms with Crippen molar-refractivity contribution in [2.45, 2.75) is 44.7 Å². The summed E-state index contributed by atoms with van der Waals surface area (Å²) in [6.07, 6.45) is 9.25. The molecule has 0 atom stereocenters. The van der Waals surface area contributed by atoms with Crippen LogP contribution in [0.25, 0.3) is 5.65 Å². The van der Waals surface area contributed by atoms with Gasteiger partial charge < -0.3 is 10.1 Å². The molecule has 0 bridgehead atoms. The number of aromatic nitrogens is 2. The van der Waals surface area contributed by atoms with E-state index in [1.54, 1.807) is 0 Å². The fraction of sp³-hybridized carbons (Fsp3) is 0.562. The molecule has 1 saturated carbocycles. The minimum atomic E-state index is 0.199. The molecule has 1 fully saturated rings. The van der Waals surface area contributed by atoms with E-state index in [1.165, 1.54) is 25.7 Å². The average molecular weight is 272 g/mol. The van der Waals surface area contributed by atoms with Crippen molar-refractivity contribution in [3.05, 3.63) is 36.3 Å². The molecule has 0 unspecified atom stereocenters. The van der Waals surface area contributed by atoms with E-state index in [9.17, 15) is 0 Å². The molecular weight excluding hydrogens is 248 g/mol. The topological polar surface area (TPSA) is 46.6 Å². The summed E-state index contributed by atoms with van der Waals surface area (Å²) in [7, 11) is 0. The van der Waals surface area contributed by atoms with Gasteiger partial charge in [0.05, 0.1) is 5.69 Å². The second-order valence-electron chi connectivity index (χ2n) is 5.85. The van der Waals surface area contributed by atoms with Crippen LogP contribution in [0.15, 0.2) is 30.6 Å². The van der Waals surface area contributed by atoms with Gasteiger partial charge in [-0.15, -0.1) is 0 Å². The van der Waals surface area contributed by atoms with Crippen LogP contribution in [0.4, 0.5) is 0 Å². The van der Waals surface area contributed by atoms with Crippen molar-refractivity contribution in [3.8, 4) is 0 Å². The van der Waals surface area contributed by atoms with Gasteiger partial charge in [0.15, 0.2) is 0 Å². The minimum Gasteiger partial charge on any atom is -0.329 e. The molecule has 3 rings (SSSR count). The summed E-state index contributed by atoms with van der Waals surface area (Å²) in [5.41, 5.74) is 8.46. The van der Waals surface area contributed by atoms with Crippen molar-refractivity contribution >= 4 is 5.65 Å². The molecule has 2 aromatic rings. The van der Waals surface area contributed by atoms with Gasteiger partial charge in [0.2, 0.25) is 0 Å². The van der Waals surface area contributed by atoms with E-state index in [2.05, 4.69) is 28.6 Å². The second kappa shape index (κ2) is 5.54. The largest absolute Gasteiger partial charge is 0.329 e. The summed E-state index contributed by atoms with van der Waals surface area (Å²) in [6, 6.07) is 6.12. The first-order chi connectivity index (χ1) is 9.77. The molecule has 0 amide bonds. The van der Waals surface area contributed by atoms with Gasteiger partial charge in [-0.1, -0.05) is 25.8 Å². The predicted octanol–water partition coefficient (Wildman–Crippen LogP) is 2.43. The average Bonchev–Trinajstić information content (AvgIpc) is 3.11. The lowest BCUT2D eigenvalue weighted by Gasteiger charge is -2.39. The Morgan fingerprint density at radius 2 is 2.15 bits per heavy atom. The van der Waals surface area contributed by atoms with Crippen molar-refractivity contribution in [1.82, 2.24) is 14.3 Å². The number of nitrogens with zero attached hydrogens (tertiary/aromatic N) is 3. The van der Waals surface area contributed by atoms with Crippen LogP contribution in [0.2, 0.25) is 0 Å². The Balaban J connectivity index is 1.83. The summed E-state index contributed by atoms with van der Waals surface area (Å²) in [5, 5.41) is 0. The number of nitrogens with two attached hydrogens (primary N) is 1. The summed E-state index contributed by atoms with van der Waals surface area (Å²) >= 11 is 0. The first-order valence-corrected chi connectivity index (χ1v) is 7.65. The first-order valence-electron chi connectivity index (χ1n) is 7.65. The summed E-state index contributed by atoms with van der Waals surface area (Å²) in [5.74, 6) is 0. The Labute approximate surface area is 120 Å². The summed E-state index contributed by atoms with van der Waals surface area (Å²) in [4.78, 5) is 7.25. The highest BCUT2D eigenvalue weighted by Crippen LogP contribution is 2.35. The van der Waals surface area contributed by atoms with Gasteiger partial charge in [-0.2, -0.15) is 0 Å². The van der Waals surface area contributed by atoms with Gasteiger partial charge in [0, 0.05) is 31.0 Å². The van der Waals surface area contributed by atoms with Crippen LogP contribution in [0.3, 0.4) is 0 Å². The zero-order chi connectivity index (χ0) is 14.0. The van der Waals surface area contributed by atoms with E-state index >= 15 is 0 Å². The molecule has 1 aliphatic carbocycles. The van der Waals surface area contributed by atoms with Gasteiger partial charge in [-0.3, -0.25) is 4.90 Å². The Kier molecular flexibility index (Phi) is 3.76. The Bertz CT molecular complexity index is 536. The molecular formula is C16H24N4. The lowest BCUT2D eigenvalue weighted by atomic mass is 9.95. The molecule has 2 N–H and O–H groups in total. The van der Waals surface area contributed by atoms with Crippen LogP contribution in [-0.4, -0.2) is 32.9 Å². The zero-order valence-corrected chi connectivity index (χ0v) is 12.3. The third-order valence-corrected chi connectivity index (χ3v) is 4.73. The van der Waals surface area contributed by atoms with Gasteiger partial charge in [-0.25, -0.2) is 4.98 Å².